The number of carbonyl (C=O) groups excluding carboxylic acids is 1. The zero-order valence-corrected chi connectivity index (χ0v) is 15.4. The zero-order chi connectivity index (χ0) is 17.4. The van der Waals surface area contributed by atoms with Gasteiger partial charge >= 0.3 is 0 Å². The summed E-state index contributed by atoms with van der Waals surface area (Å²) in [5.74, 6) is 1.37. The minimum absolute atomic E-state index is 0.0563. The first-order valence-corrected chi connectivity index (χ1v) is 9.24. The third-order valence-electron chi connectivity index (χ3n) is 5.05. The predicted octanol–water partition coefficient (Wildman–Crippen LogP) is 3.89. The Labute approximate surface area is 146 Å². The zero-order valence-electron chi connectivity index (χ0n) is 15.4. The van der Waals surface area contributed by atoms with E-state index in [9.17, 15) is 4.79 Å². The lowest BCUT2D eigenvalue weighted by Crippen LogP contribution is -2.32. The lowest BCUT2D eigenvalue weighted by atomic mass is 9.96. The van der Waals surface area contributed by atoms with Crippen LogP contribution in [0.1, 0.15) is 51.0 Å². The fourth-order valence-electron chi connectivity index (χ4n) is 3.09. The van der Waals surface area contributed by atoms with E-state index in [1.54, 1.807) is 0 Å². The van der Waals surface area contributed by atoms with Crippen molar-refractivity contribution >= 4 is 11.6 Å². The second-order valence-electron chi connectivity index (χ2n) is 7.06. The Balaban J connectivity index is 1.71. The minimum atomic E-state index is 0.0563. The Morgan fingerprint density at radius 3 is 2.58 bits per heavy atom. The van der Waals surface area contributed by atoms with Crippen molar-refractivity contribution in [3.63, 3.8) is 0 Å². The van der Waals surface area contributed by atoms with Crippen LogP contribution < -0.4 is 5.32 Å². The summed E-state index contributed by atoms with van der Waals surface area (Å²) in [5.41, 5.74) is 2.20. The van der Waals surface area contributed by atoms with Gasteiger partial charge in [-0.3, -0.25) is 9.69 Å². The molecule has 1 heterocycles. The normalized spacial score (nSPS) is 17.0. The largest absolute Gasteiger partial charge is 0.381 e. The molecule has 134 valence electrons. The number of rotatable bonds is 8. The highest BCUT2D eigenvalue weighted by atomic mass is 16.5. The van der Waals surface area contributed by atoms with E-state index >= 15 is 0 Å². The van der Waals surface area contributed by atoms with Gasteiger partial charge in [0.1, 0.15) is 0 Å². The van der Waals surface area contributed by atoms with Crippen LogP contribution in [0.4, 0.5) is 5.69 Å². The first-order valence-electron chi connectivity index (χ1n) is 9.24. The van der Waals surface area contributed by atoms with E-state index < -0.39 is 0 Å². The van der Waals surface area contributed by atoms with Gasteiger partial charge in [0.2, 0.25) is 5.91 Å². The Kier molecular flexibility index (Phi) is 7.73. The number of nitrogens with zero attached hydrogens (tertiary/aromatic N) is 1. The summed E-state index contributed by atoms with van der Waals surface area (Å²) in [4.78, 5) is 14.3. The number of carbonyl (C=O) groups is 1. The minimum Gasteiger partial charge on any atom is -0.381 e. The van der Waals surface area contributed by atoms with Crippen LogP contribution >= 0.6 is 0 Å². The maximum Gasteiger partial charge on any atom is 0.238 e. The molecule has 0 aromatic heterocycles. The van der Waals surface area contributed by atoms with Crippen molar-refractivity contribution in [2.24, 2.45) is 5.92 Å². The average Bonchev–Trinajstić information content (AvgIpc) is 2.60. The number of likely N-dealkylation sites (N-methyl/N-ethyl adjacent to an activating group) is 1. The monoisotopic (exact) mass is 332 g/mol. The van der Waals surface area contributed by atoms with Gasteiger partial charge < -0.3 is 10.1 Å². The van der Waals surface area contributed by atoms with Crippen molar-refractivity contribution in [3.05, 3.63) is 29.8 Å². The van der Waals surface area contributed by atoms with Gasteiger partial charge in [-0.15, -0.1) is 0 Å². The highest BCUT2D eigenvalue weighted by molar-refractivity contribution is 5.92. The molecule has 4 nitrogen and oxygen atoms in total. The number of ether oxygens (including phenoxy) is 1. The maximum absolute atomic E-state index is 12.2. The molecule has 1 aliphatic heterocycles. The molecule has 0 aliphatic carbocycles. The topological polar surface area (TPSA) is 41.6 Å². The molecule has 2 rings (SSSR count). The van der Waals surface area contributed by atoms with E-state index in [-0.39, 0.29) is 5.91 Å². The Bertz CT molecular complexity index is 495. The van der Waals surface area contributed by atoms with Crippen molar-refractivity contribution in [3.8, 4) is 0 Å². The lowest BCUT2D eigenvalue weighted by Gasteiger charge is -2.24. The van der Waals surface area contributed by atoms with E-state index in [0.29, 0.717) is 12.5 Å². The van der Waals surface area contributed by atoms with E-state index in [0.717, 1.165) is 57.0 Å². The maximum atomic E-state index is 12.2. The van der Waals surface area contributed by atoms with E-state index in [4.69, 9.17) is 4.74 Å². The summed E-state index contributed by atoms with van der Waals surface area (Å²) in [6, 6.07) is 8.22. The van der Waals surface area contributed by atoms with Crippen molar-refractivity contribution in [1.29, 1.82) is 0 Å². The second kappa shape index (κ2) is 9.80. The first kappa shape index (κ1) is 18.9. The van der Waals surface area contributed by atoms with Gasteiger partial charge in [-0.1, -0.05) is 26.0 Å². The molecule has 1 fully saturated rings. The fraction of sp³-hybridized carbons (Fsp3) is 0.650. The summed E-state index contributed by atoms with van der Waals surface area (Å²) in [6.45, 7) is 7.60. The Morgan fingerprint density at radius 1 is 1.29 bits per heavy atom. The first-order chi connectivity index (χ1) is 11.6. The third-order valence-corrected chi connectivity index (χ3v) is 5.05. The summed E-state index contributed by atoms with van der Waals surface area (Å²) >= 11 is 0. The quantitative estimate of drug-likeness (QED) is 0.785. The Hall–Kier alpha value is -1.39. The fourth-order valence-corrected chi connectivity index (χ4v) is 3.09. The highest BCUT2D eigenvalue weighted by Crippen LogP contribution is 2.21. The predicted molar refractivity (Wildman–Crippen MR) is 99.4 cm³/mol. The number of amides is 1. The number of benzene rings is 1. The van der Waals surface area contributed by atoms with Gasteiger partial charge in [0, 0.05) is 18.9 Å². The van der Waals surface area contributed by atoms with E-state index in [2.05, 4.69) is 36.2 Å². The number of hydrogen-bond donors (Lipinski definition) is 1. The summed E-state index contributed by atoms with van der Waals surface area (Å²) in [6.07, 6.45) is 4.59. The molecule has 0 saturated carbocycles. The van der Waals surface area contributed by atoms with Crippen LogP contribution in [0.2, 0.25) is 0 Å². The van der Waals surface area contributed by atoms with Crippen LogP contribution in [0.3, 0.4) is 0 Å². The molecule has 1 N–H and O–H groups in total. The number of hydrogen-bond acceptors (Lipinski definition) is 3. The molecule has 0 spiro atoms. The molecule has 1 aromatic carbocycles. The third kappa shape index (κ3) is 6.25. The number of anilines is 1. The van der Waals surface area contributed by atoms with Crippen LogP contribution in [0.5, 0.6) is 0 Å². The van der Waals surface area contributed by atoms with Crippen LogP contribution in [0.25, 0.3) is 0 Å². The van der Waals surface area contributed by atoms with Crippen LogP contribution in [-0.4, -0.2) is 44.2 Å². The Morgan fingerprint density at radius 2 is 1.96 bits per heavy atom. The van der Waals surface area contributed by atoms with Gasteiger partial charge in [-0.2, -0.15) is 0 Å². The molecule has 1 saturated heterocycles. The van der Waals surface area contributed by atoms with Crippen LogP contribution in [0.15, 0.2) is 24.3 Å². The number of nitrogens with one attached hydrogen (secondary N) is 1. The molecule has 1 aromatic rings. The summed E-state index contributed by atoms with van der Waals surface area (Å²) < 4.78 is 5.39. The molecule has 4 heteroatoms. The molecule has 24 heavy (non-hydrogen) atoms. The molecular weight excluding hydrogens is 300 g/mol. The second-order valence-corrected chi connectivity index (χ2v) is 7.06. The summed E-state index contributed by atoms with van der Waals surface area (Å²) in [7, 11) is 2.02. The van der Waals surface area contributed by atoms with Crippen molar-refractivity contribution in [2.45, 2.75) is 45.4 Å². The molecular formula is C20H32N2O2. The smallest absolute Gasteiger partial charge is 0.238 e. The van der Waals surface area contributed by atoms with Crippen molar-refractivity contribution in [1.82, 2.24) is 4.90 Å². The highest BCUT2D eigenvalue weighted by Gasteiger charge is 2.15. The molecule has 1 unspecified atom stereocenters. The van der Waals surface area contributed by atoms with Gasteiger partial charge in [0.05, 0.1) is 6.54 Å². The van der Waals surface area contributed by atoms with Crippen LogP contribution in [0, 0.1) is 5.92 Å². The summed E-state index contributed by atoms with van der Waals surface area (Å²) in [5, 5.41) is 2.99. The molecule has 0 bridgehead atoms. The lowest BCUT2D eigenvalue weighted by molar-refractivity contribution is -0.117. The molecule has 1 atom stereocenters. The molecule has 0 radical (unpaired) electrons. The van der Waals surface area contributed by atoms with Gasteiger partial charge in [0.25, 0.3) is 0 Å². The van der Waals surface area contributed by atoms with Crippen LogP contribution in [-0.2, 0) is 9.53 Å². The molecule has 1 amide bonds. The standard InChI is InChI=1S/C20H32N2O2/c1-4-16(2)18-5-7-19(8-6-18)21-20(23)15-22(3)12-9-17-10-13-24-14-11-17/h5-8,16-17H,4,9-15H2,1-3H3,(H,21,23). The van der Waals surface area contributed by atoms with E-state index in [1.165, 1.54) is 5.56 Å². The van der Waals surface area contributed by atoms with Crippen molar-refractivity contribution in [2.75, 3.05) is 38.7 Å². The van der Waals surface area contributed by atoms with E-state index in [1.807, 2.05) is 19.2 Å². The van der Waals surface area contributed by atoms with Gasteiger partial charge in [-0.25, -0.2) is 0 Å². The van der Waals surface area contributed by atoms with Crippen molar-refractivity contribution < 1.29 is 9.53 Å². The van der Waals surface area contributed by atoms with Gasteiger partial charge in [0.15, 0.2) is 0 Å². The molecule has 1 aliphatic rings. The average molecular weight is 332 g/mol. The van der Waals surface area contributed by atoms with Gasteiger partial charge in [-0.05, 0) is 68.8 Å². The SMILES string of the molecule is CCC(C)c1ccc(NC(=O)CN(C)CCC2CCOCC2)cc1.